The molecule has 1 amide bonds. The van der Waals surface area contributed by atoms with E-state index in [2.05, 4.69) is 15.4 Å². The van der Waals surface area contributed by atoms with Crippen LogP contribution in [-0.2, 0) is 9.47 Å². The quantitative estimate of drug-likeness (QED) is 0.437. The number of anilines is 1. The van der Waals surface area contributed by atoms with E-state index in [4.69, 9.17) is 14.6 Å². The van der Waals surface area contributed by atoms with Crippen LogP contribution < -0.4 is 11.0 Å². The van der Waals surface area contributed by atoms with Crippen molar-refractivity contribution in [1.82, 2.24) is 14.8 Å². The second kappa shape index (κ2) is 9.57. The Balaban J connectivity index is 1.99. The number of aliphatic hydroxyl groups excluding tert-OH is 3. The molecule has 1 aromatic heterocycles. The van der Waals surface area contributed by atoms with Crippen LogP contribution in [-0.4, -0.2) is 67.7 Å². The zero-order valence-electron chi connectivity index (χ0n) is 14.4. The number of aromatic nitrogens is 3. The fourth-order valence-corrected chi connectivity index (χ4v) is 2.54. The van der Waals surface area contributed by atoms with E-state index in [0.717, 1.165) is 30.1 Å². The topological polar surface area (TPSA) is 156 Å². The van der Waals surface area contributed by atoms with Gasteiger partial charge in [-0.15, -0.1) is 0 Å². The number of ether oxygens (including phenoxy) is 2. The first-order chi connectivity index (χ1) is 12.5. The number of nitrogens with zero attached hydrogens (tertiary/aromatic N) is 3. The number of nitrogens with one attached hydrogen (secondary N) is 1. The average Bonchev–Trinajstić information content (AvgIpc) is 2.88. The summed E-state index contributed by atoms with van der Waals surface area (Å²) in [5.41, 5.74) is -0.880. The highest BCUT2D eigenvalue weighted by Gasteiger charge is 2.44. The molecule has 1 aliphatic heterocycles. The molecule has 11 nitrogen and oxygen atoms in total. The Morgan fingerprint density at radius 1 is 1.38 bits per heavy atom. The van der Waals surface area contributed by atoms with Crippen LogP contribution >= 0.6 is 0 Å². The maximum absolute atomic E-state index is 12.1. The number of unbranched alkanes of at least 4 members (excludes halogenated alkanes) is 2. The second-order valence-corrected chi connectivity index (χ2v) is 5.90. The van der Waals surface area contributed by atoms with E-state index < -0.39 is 36.3 Å². The molecule has 0 radical (unpaired) electrons. The number of carbonyl (C=O) groups excluding carboxylic acids is 1. The highest BCUT2D eigenvalue weighted by Crippen LogP contribution is 2.29. The number of amides is 1. The smallest absolute Gasteiger partial charge is 0.412 e. The summed E-state index contributed by atoms with van der Waals surface area (Å²) in [5, 5.41) is 34.9. The van der Waals surface area contributed by atoms with Gasteiger partial charge in [0.15, 0.2) is 12.0 Å². The van der Waals surface area contributed by atoms with Gasteiger partial charge >= 0.3 is 11.8 Å². The van der Waals surface area contributed by atoms with Gasteiger partial charge in [0.05, 0.1) is 18.9 Å². The van der Waals surface area contributed by atoms with Crippen LogP contribution in [0.5, 0.6) is 0 Å². The molecule has 26 heavy (non-hydrogen) atoms. The predicted molar refractivity (Wildman–Crippen MR) is 88.4 cm³/mol. The summed E-state index contributed by atoms with van der Waals surface area (Å²) in [6, 6.07) is 0. The molecule has 0 aliphatic carbocycles. The minimum atomic E-state index is -1.40. The molecule has 4 atom stereocenters. The first-order valence-corrected chi connectivity index (χ1v) is 8.50. The van der Waals surface area contributed by atoms with Crippen molar-refractivity contribution in [3.63, 3.8) is 0 Å². The molecule has 1 fully saturated rings. The highest BCUT2D eigenvalue weighted by atomic mass is 16.6. The van der Waals surface area contributed by atoms with Gasteiger partial charge in [-0.1, -0.05) is 19.8 Å². The molecule has 0 aromatic carbocycles. The van der Waals surface area contributed by atoms with Crippen LogP contribution in [0.1, 0.15) is 38.8 Å². The van der Waals surface area contributed by atoms with Gasteiger partial charge in [-0.05, 0) is 12.8 Å². The van der Waals surface area contributed by atoms with Crippen molar-refractivity contribution >= 4 is 11.9 Å². The van der Waals surface area contributed by atoms with Crippen LogP contribution in [0, 0.1) is 0 Å². The molecule has 0 unspecified atom stereocenters. The standard InChI is InChI=1S/C15H24N4O7/c1-2-3-4-7-25-15(24)18-10-8-16-19(14(23)17-10)13-12(22)11(21)9(26-13)5-6-20/h8-9,11-13,20-22H,2-7H2,1H3,(H,17,18,23,24)/t9-,11-,12-,13-/m1/s1. The molecule has 1 saturated heterocycles. The first-order valence-electron chi connectivity index (χ1n) is 8.50. The molecular weight excluding hydrogens is 348 g/mol. The van der Waals surface area contributed by atoms with E-state index in [1.165, 1.54) is 0 Å². The lowest BCUT2D eigenvalue weighted by Gasteiger charge is -2.15. The molecule has 0 spiro atoms. The SMILES string of the molecule is CCCCCOC(=O)Nc1cnn([C@@H]2O[C@H](CCO)[C@@H](O)[C@H]2O)c(=O)n1. The van der Waals surface area contributed by atoms with Gasteiger partial charge < -0.3 is 24.8 Å². The number of carbonyl (C=O) groups is 1. The summed E-state index contributed by atoms with van der Waals surface area (Å²) in [5.74, 6) is -0.105. The fourth-order valence-electron chi connectivity index (χ4n) is 2.54. The Kier molecular flexibility index (Phi) is 7.45. The largest absolute Gasteiger partial charge is 0.449 e. The third-order valence-corrected chi connectivity index (χ3v) is 3.92. The van der Waals surface area contributed by atoms with E-state index in [1.54, 1.807) is 0 Å². The maximum Gasteiger partial charge on any atom is 0.412 e. The molecule has 0 bridgehead atoms. The molecule has 1 aliphatic rings. The van der Waals surface area contributed by atoms with E-state index in [0.29, 0.717) is 0 Å². The van der Waals surface area contributed by atoms with Gasteiger partial charge in [0.1, 0.15) is 12.2 Å². The predicted octanol–water partition coefficient (Wildman–Crippen LogP) is -0.621. The Labute approximate surface area is 149 Å². The monoisotopic (exact) mass is 372 g/mol. The Morgan fingerprint density at radius 2 is 2.15 bits per heavy atom. The minimum Gasteiger partial charge on any atom is -0.449 e. The van der Waals surface area contributed by atoms with Crippen molar-refractivity contribution in [2.75, 3.05) is 18.5 Å². The number of rotatable bonds is 8. The zero-order valence-corrected chi connectivity index (χ0v) is 14.4. The summed E-state index contributed by atoms with van der Waals surface area (Å²) in [6.07, 6.45) is -1.60. The molecule has 1 aromatic rings. The summed E-state index contributed by atoms with van der Waals surface area (Å²) in [4.78, 5) is 27.3. The van der Waals surface area contributed by atoms with Crippen LogP contribution in [0.3, 0.4) is 0 Å². The van der Waals surface area contributed by atoms with Crippen molar-refractivity contribution in [3.8, 4) is 0 Å². The van der Waals surface area contributed by atoms with E-state index in [9.17, 15) is 19.8 Å². The molecule has 11 heteroatoms. The summed E-state index contributed by atoms with van der Waals surface area (Å²) < 4.78 is 11.1. The van der Waals surface area contributed by atoms with E-state index in [-0.39, 0.29) is 25.5 Å². The summed E-state index contributed by atoms with van der Waals surface area (Å²) >= 11 is 0. The molecule has 2 rings (SSSR count). The Hall–Kier alpha value is -2.08. The highest BCUT2D eigenvalue weighted by molar-refractivity contribution is 5.82. The zero-order chi connectivity index (χ0) is 19.1. The summed E-state index contributed by atoms with van der Waals surface area (Å²) in [7, 11) is 0. The lowest BCUT2D eigenvalue weighted by molar-refractivity contribution is -0.0528. The van der Waals surface area contributed by atoms with Crippen LogP contribution in [0.2, 0.25) is 0 Å². The van der Waals surface area contributed by atoms with Gasteiger partial charge in [-0.3, -0.25) is 5.32 Å². The molecule has 0 saturated carbocycles. The number of aliphatic hydroxyl groups is 3. The lowest BCUT2D eigenvalue weighted by Crippen LogP contribution is -2.37. The van der Waals surface area contributed by atoms with Crippen molar-refractivity contribution < 1.29 is 29.6 Å². The Bertz CT molecular complexity index is 653. The van der Waals surface area contributed by atoms with Crippen LogP contribution in [0.25, 0.3) is 0 Å². The van der Waals surface area contributed by atoms with Crippen molar-refractivity contribution in [2.24, 2.45) is 0 Å². The van der Waals surface area contributed by atoms with Gasteiger partial charge in [0.2, 0.25) is 0 Å². The fraction of sp³-hybridized carbons (Fsp3) is 0.733. The van der Waals surface area contributed by atoms with Gasteiger partial charge in [0, 0.05) is 6.61 Å². The number of hydrogen-bond acceptors (Lipinski definition) is 9. The molecule has 4 N–H and O–H groups in total. The van der Waals surface area contributed by atoms with Crippen LogP contribution in [0.4, 0.5) is 10.6 Å². The normalized spacial score (nSPS) is 25.2. The minimum absolute atomic E-state index is 0.0976. The average molecular weight is 372 g/mol. The summed E-state index contributed by atoms with van der Waals surface area (Å²) in [6.45, 7) is 2.04. The van der Waals surface area contributed by atoms with Gasteiger partial charge in [0.25, 0.3) is 0 Å². The van der Waals surface area contributed by atoms with Gasteiger partial charge in [-0.2, -0.15) is 14.8 Å². The third-order valence-electron chi connectivity index (χ3n) is 3.92. The van der Waals surface area contributed by atoms with Crippen molar-refractivity contribution in [2.45, 2.75) is 57.1 Å². The molecular formula is C15H24N4O7. The molecule has 2 heterocycles. The van der Waals surface area contributed by atoms with Crippen molar-refractivity contribution in [3.05, 3.63) is 16.7 Å². The second-order valence-electron chi connectivity index (χ2n) is 5.90. The van der Waals surface area contributed by atoms with E-state index >= 15 is 0 Å². The number of hydrogen-bond donors (Lipinski definition) is 4. The maximum atomic E-state index is 12.1. The third kappa shape index (κ3) is 4.97. The van der Waals surface area contributed by atoms with Crippen molar-refractivity contribution in [1.29, 1.82) is 0 Å². The van der Waals surface area contributed by atoms with E-state index in [1.807, 2.05) is 6.92 Å². The van der Waals surface area contributed by atoms with Crippen LogP contribution in [0.15, 0.2) is 11.0 Å². The molecule has 146 valence electrons. The lowest BCUT2D eigenvalue weighted by atomic mass is 10.1. The first kappa shape index (κ1) is 20.2. The Morgan fingerprint density at radius 3 is 2.81 bits per heavy atom. The van der Waals surface area contributed by atoms with Gasteiger partial charge in [-0.25, -0.2) is 9.59 Å².